The van der Waals surface area contributed by atoms with E-state index >= 15 is 0 Å². The van der Waals surface area contributed by atoms with Crippen molar-refractivity contribution in [2.24, 2.45) is 0 Å². The molecule has 1 rings (SSSR count). The maximum Gasteiger partial charge on any atom is 0.326 e. The van der Waals surface area contributed by atoms with E-state index in [0.717, 1.165) is 19.3 Å². The molecule has 1 aliphatic rings. The summed E-state index contributed by atoms with van der Waals surface area (Å²) in [4.78, 5) is 35.3. The smallest absolute Gasteiger partial charge is 0.326 e. The number of likely N-dealkylation sites (tertiary alicyclic amines) is 1. The van der Waals surface area contributed by atoms with Crippen LogP contribution in [-0.2, 0) is 9.59 Å². The van der Waals surface area contributed by atoms with Gasteiger partial charge in [-0.1, -0.05) is 12.8 Å². The van der Waals surface area contributed by atoms with E-state index in [4.69, 9.17) is 5.11 Å². The molecule has 1 fully saturated rings. The van der Waals surface area contributed by atoms with E-state index in [-0.39, 0.29) is 12.5 Å². The first-order chi connectivity index (χ1) is 8.56. The predicted octanol–water partition coefficient (Wildman–Crippen LogP) is -0.229. The predicted molar refractivity (Wildman–Crippen MR) is 64.1 cm³/mol. The number of rotatable bonds is 3. The molecule has 3 amide bonds. The van der Waals surface area contributed by atoms with Crippen LogP contribution in [0.15, 0.2) is 0 Å². The normalized spacial score (nSPS) is 19.8. The number of likely N-dealkylation sites (N-methyl/N-ethyl adjacent to an activating group) is 1. The minimum absolute atomic E-state index is 0.141. The van der Waals surface area contributed by atoms with Crippen LogP contribution in [0.25, 0.3) is 0 Å². The van der Waals surface area contributed by atoms with Gasteiger partial charge in [0.1, 0.15) is 6.04 Å². The molecule has 7 heteroatoms. The number of nitrogens with zero attached hydrogens (tertiary/aromatic N) is 1. The van der Waals surface area contributed by atoms with Crippen LogP contribution in [0.5, 0.6) is 0 Å². The Morgan fingerprint density at radius 3 is 2.61 bits per heavy atom. The second-order valence-corrected chi connectivity index (χ2v) is 4.23. The average Bonchev–Trinajstić information content (AvgIpc) is 2.60. The van der Waals surface area contributed by atoms with Crippen LogP contribution in [0.3, 0.4) is 0 Å². The van der Waals surface area contributed by atoms with Gasteiger partial charge in [0.25, 0.3) is 0 Å². The number of amides is 3. The zero-order valence-corrected chi connectivity index (χ0v) is 10.4. The van der Waals surface area contributed by atoms with E-state index in [1.54, 1.807) is 0 Å². The SMILES string of the molecule is CNC(=O)CNC(=O)N1CCCCCC1C(=O)O. The summed E-state index contributed by atoms with van der Waals surface area (Å²) in [5, 5.41) is 13.9. The molecule has 1 aliphatic heterocycles. The Balaban J connectivity index is 2.61. The third-order valence-corrected chi connectivity index (χ3v) is 2.98. The Bertz CT molecular complexity index is 332. The van der Waals surface area contributed by atoms with Crippen LogP contribution >= 0.6 is 0 Å². The number of nitrogens with one attached hydrogen (secondary N) is 2. The number of hydrogen-bond acceptors (Lipinski definition) is 3. The Morgan fingerprint density at radius 2 is 2.00 bits per heavy atom. The molecule has 1 atom stereocenters. The van der Waals surface area contributed by atoms with E-state index in [2.05, 4.69) is 10.6 Å². The summed E-state index contributed by atoms with van der Waals surface area (Å²) in [5.74, 6) is -1.31. The molecule has 1 unspecified atom stereocenters. The summed E-state index contributed by atoms with van der Waals surface area (Å²) in [6.45, 7) is 0.273. The van der Waals surface area contributed by atoms with Gasteiger partial charge in [0.15, 0.2) is 0 Å². The summed E-state index contributed by atoms with van der Waals surface area (Å²) in [5.41, 5.74) is 0. The highest BCUT2D eigenvalue weighted by Gasteiger charge is 2.30. The van der Waals surface area contributed by atoms with Gasteiger partial charge in [-0.15, -0.1) is 0 Å². The first-order valence-corrected chi connectivity index (χ1v) is 6.04. The Kier molecular flexibility index (Phi) is 5.41. The zero-order valence-electron chi connectivity index (χ0n) is 10.4. The summed E-state index contributed by atoms with van der Waals surface area (Å²) in [7, 11) is 1.47. The van der Waals surface area contributed by atoms with Crippen molar-refractivity contribution in [1.82, 2.24) is 15.5 Å². The van der Waals surface area contributed by atoms with Crippen molar-refractivity contribution in [2.45, 2.75) is 31.7 Å². The van der Waals surface area contributed by atoms with Crippen molar-refractivity contribution in [3.8, 4) is 0 Å². The second-order valence-electron chi connectivity index (χ2n) is 4.23. The molecule has 0 saturated carbocycles. The van der Waals surface area contributed by atoms with Gasteiger partial charge in [-0.25, -0.2) is 9.59 Å². The molecular formula is C11H19N3O4. The lowest BCUT2D eigenvalue weighted by Gasteiger charge is -2.26. The van der Waals surface area contributed by atoms with Crippen molar-refractivity contribution in [3.63, 3.8) is 0 Å². The van der Waals surface area contributed by atoms with Crippen LogP contribution in [0.2, 0.25) is 0 Å². The molecule has 1 saturated heterocycles. The van der Waals surface area contributed by atoms with Crippen molar-refractivity contribution in [2.75, 3.05) is 20.1 Å². The summed E-state index contributed by atoms with van der Waals surface area (Å²) in [6.07, 6.45) is 2.97. The summed E-state index contributed by atoms with van der Waals surface area (Å²) in [6, 6.07) is -1.29. The van der Waals surface area contributed by atoms with Crippen LogP contribution in [0.4, 0.5) is 4.79 Å². The average molecular weight is 257 g/mol. The standard InChI is InChI=1S/C11H19N3O4/c1-12-9(15)7-13-11(18)14-6-4-2-3-5-8(14)10(16)17/h8H,2-7H2,1H3,(H,12,15)(H,13,18)(H,16,17). The minimum atomic E-state index is -0.994. The van der Waals surface area contributed by atoms with Crippen LogP contribution in [0.1, 0.15) is 25.7 Å². The van der Waals surface area contributed by atoms with Gasteiger partial charge in [-0.2, -0.15) is 0 Å². The fourth-order valence-corrected chi connectivity index (χ4v) is 1.95. The van der Waals surface area contributed by atoms with Crippen LogP contribution in [-0.4, -0.2) is 54.1 Å². The maximum absolute atomic E-state index is 11.9. The Morgan fingerprint density at radius 1 is 1.28 bits per heavy atom. The Labute approximate surface area is 106 Å². The van der Waals surface area contributed by atoms with Gasteiger partial charge in [0.2, 0.25) is 5.91 Å². The van der Waals surface area contributed by atoms with Gasteiger partial charge < -0.3 is 20.6 Å². The molecule has 7 nitrogen and oxygen atoms in total. The van der Waals surface area contributed by atoms with Crippen LogP contribution < -0.4 is 10.6 Å². The third kappa shape index (κ3) is 3.90. The lowest BCUT2D eigenvalue weighted by atomic mass is 10.1. The molecule has 0 aromatic heterocycles. The second kappa shape index (κ2) is 6.83. The highest BCUT2D eigenvalue weighted by molar-refractivity contribution is 5.86. The van der Waals surface area contributed by atoms with Gasteiger partial charge in [0, 0.05) is 13.6 Å². The monoisotopic (exact) mass is 257 g/mol. The molecule has 102 valence electrons. The zero-order chi connectivity index (χ0) is 13.5. The molecule has 0 aromatic carbocycles. The molecule has 0 bridgehead atoms. The van der Waals surface area contributed by atoms with Crippen LogP contribution in [0, 0.1) is 0 Å². The molecule has 0 aliphatic carbocycles. The highest BCUT2D eigenvalue weighted by atomic mass is 16.4. The molecule has 3 N–H and O–H groups in total. The van der Waals surface area contributed by atoms with Gasteiger partial charge in [-0.3, -0.25) is 4.79 Å². The fraction of sp³-hybridized carbons (Fsp3) is 0.727. The number of urea groups is 1. The number of carboxylic acid groups (broad SMARTS) is 1. The van der Waals surface area contributed by atoms with E-state index in [9.17, 15) is 14.4 Å². The minimum Gasteiger partial charge on any atom is -0.480 e. The lowest BCUT2D eigenvalue weighted by molar-refractivity contribution is -0.142. The topological polar surface area (TPSA) is 98.7 Å². The van der Waals surface area contributed by atoms with Crippen molar-refractivity contribution in [1.29, 1.82) is 0 Å². The van der Waals surface area contributed by atoms with Crippen molar-refractivity contribution in [3.05, 3.63) is 0 Å². The number of hydrogen-bond donors (Lipinski definition) is 3. The number of carboxylic acids is 1. The molecule has 0 radical (unpaired) electrons. The van der Waals surface area contributed by atoms with Gasteiger partial charge in [-0.05, 0) is 12.8 Å². The fourth-order valence-electron chi connectivity index (χ4n) is 1.95. The van der Waals surface area contributed by atoms with Crippen molar-refractivity contribution >= 4 is 17.9 Å². The lowest BCUT2D eigenvalue weighted by Crippen LogP contribution is -2.50. The van der Waals surface area contributed by atoms with E-state index in [0.29, 0.717) is 13.0 Å². The van der Waals surface area contributed by atoms with E-state index in [1.807, 2.05) is 0 Å². The third-order valence-electron chi connectivity index (χ3n) is 2.98. The number of carbonyl (C=O) groups excluding carboxylic acids is 2. The molecule has 0 spiro atoms. The first-order valence-electron chi connectivity index (χ1n) is 6.04. The summed E-state index contributed by atoms with van der Waals surface area (Å²) >= 11 is 0. The Hall–Kier alpha value is -1.79. The van der Waals surface area contributed by atoms with Gasteiger partial charge in [0.05, 0.1) is 6.54 Å². The molecule has 0 aromatic rings. The summed E-state index contributed by atoms with van der Waals surface area (Å²) < 4.78 is 0. The number of carbonyl (C=O) groups is 3. The molecule has 1 heterocycles. The largest absolute Gasteiger partial charge is 0.480 e. The first kappa shape index (κ1) is 14.3. The van der Waals surface area contributed by atoms with E-state index in [1.165, 1.54) is 11.9 Å². The molecular weight excluding hydrogens is 238 g/mol. The number of aliphatic carboxylic acids is 1. The quantitative estimate of drug-likeness (QED) is 0.650. The molecule has 18 heavy (non-hydrogen) atoms. The highest BCUT2D eigenvalue weighted by Crippen LogP contribution is 2.16. The van der Waals surface area contributed by atoms with Gasteiger partial charge >= 0.3 is 12.0 Å². The maximum atomic E-state index is 11.9. The van der Waals surface area contributed by atoms with Crippen molar-refractivity contribution < 1.29 is 19.5 Å². The van der Waals surface area contributed by atoms with E-state index < -0.39 is 18.0 Å².